The lowest BCUT2D eigenvalue weighted by atomic mass is 10.1. The Bertz CT molecular complexity index is 566. The van der Waals surface area contributed by atoms with E-state index in [0.717, 1.165) is 12.8 Å². The number of hydrogen-bond acceptors (Lipinski definition) is 5. The highest BCUT2D eigenvalue weighted by atomic mass is 32.2. The van der Waals surface area contributed by atoms with Crippen molar-refractivity contribution in [2.75, 3.05) is 38.4 Å². The van der Waals surface area contributed by atoms with Crippen LogP contribution in [0, 0.1) is 0 Å². The second-order valence-corrected chi connectivity index (χ2v) is 7.22. The van der Waals surface area contributed by atoms with Crippen LogP contribution in [0.1, 0.15) is 12.8 Å². The molecule has 0 radical (unpaired) electrons. The Hall–Kier alpha value is -1.31. The first kappa shape index (κ1) is 15.1. The molecule has 1 saturated heterocycles. The number of ether oxygens (including phenoxy) is 1. The molecule has 0 saturated carbocycles. The summed E-state index contributed by atoms with van der Waals surface area (Å²) in [4.78, 5) is 0.242. The largest absolute Gasteiger partial charge is 0.397 e. The molecule has 2 rings (SSSR count). The number of rotatable bonds is 4. The minimum absolute atomic E-state index is 0.242. The van der Waals surface area contributed by atoms with Gasteiger partial charge in [-0.15, -0.1) is 0 Å². The van der Waals surface area contributed by atoms with Crippen molar-refractivity contribution < 1.29 is 13.2 Å². The van der Waals surface area contributed by atoms with E-state index in [1.807, 2.05) is 0 Å². The van der Waals surface area contributed by atoms with Crippen molar-refractivity contribution in [3.8, 4) is 0 Å². The number of sulfonamides is 1. The summed E-state index contributed by atoms with van der Waals surface area (Å²) in [5.41, 5.74) is 7.14. The number of nitrogen functional groups attached to an aromatic ring is 1. The molecule has 6 nitrogen and oxygen atoms in total. The van der Waals surface area contributed by atoms with Crippen molar-refractivity contribution in [3.05, 3.63) is 18.2 Å². The van der Waals surface area contributed by atoms with Crippen molar-refractivity contribution in [2.24, 2.45) is 0 Å². The lowest BCUT2D eigenvalue weighted by Gasteiger charge is -2.25. The summed E-state index contributed by atoms with van der Waals surface area (Å²) in [6.07, 6.45) is 1.79. The van der Waals surface area contributed by atoms with Crippen LogP contribution in [0.25, 0.3) is 0 Å². The summed E-state index contributed by atoms with van der Waals surface area (Å²) in [5.74, 6) is 0. The molecule has 0 unspecified atom stereocenters. The highest BCUT2D eigenvalue weighted by molar-refractivity contribution is 7.89. The van der Waals surface area contributed by atoms with Gasteiger partial charge in [0.25, 0.3) is 0 Å². The van der Waals surface area contributed by atoms with Crippen molar-refractivity contribution in [3.63, 3.8) is 0 Å². The van der Waals surface area contributed by atoms with E-state index in [4.69, 9.17) is 10.5 Å². The van der Waals surface area contributed by atoms with Crippen molar-refractivity contribution in [1.82, 2.24) is 4.31 Å². The molecule has 0 aliphatic carbocycles. The fraction of sp³-hybridized carbons (Fsp3) is 0.538. The van der Waals surface area contributed by atoms with Gasteiger partial charge in [-0.25, -0.2) is 12.7 Å². The van der Waals surface area contributed by atoms with Crippen LogP contribution < -0.4 is 11.1 Å². The molecule has 1 aliphatic heterocycles. The van der Waals surface area contributed by atoms with E-state index in [9.17, 15) is 8.42 Å². The van der Waals surface area contributed by atoms with E-state index in [0.29, 0.717) is 24.6 Å². The van der Waals surface area contributed by atoms with Crippen LogP contribution in [0.5, 0.6) is 0 Å². The van der Waals surface area contributed by atoms with Crippen LogP contribution in [0.2, 0.25) is 0 Å². The van der Waals surface area contributed by atoms with Crippen LogP contribution in [-0.4, -0.2) is 46.1 Å². The Labute approximate surface area is 120 Å². The first-order valence-corrected chi connectivity index (χ1v) is 8.01. The average Bonchev–Trinajstić information content (AvgIpc) is 2.42. The summed E-state index contributed by atoms with van der Waals surface area (Å²) in [6, 6.07) is 5.02. The second kappa shape index (κ2) is 5.99. The fourth-order valence-electron chi connectivity index (χ4n) is 2.09. The SMILES string of the molecule is CN(C)S(=O)(=O)c1ccc(N)c(NC2CCOCC2)c1. The summed E-state index contributed by atoms with van der Waals surface area (Å²) in [5, 5.41) is 3.31. The maximum Gasteiger partial charge on any atom is 0.242 e. The highest BCUT2D eigenvalue weighted by Crippen LogP contribution is 2.26. The lowest BCUT2D eigenvalue weighted by Crippen LogP contribution is -2.28. The maximum atomic E-state index is 12.1. The molecule has 0 spiro atoms. The summed E-state index contributed by atoms with van der Waals surface area (Å²) >= 11 is 0. The van der Waals surface area contributed by atoms with Gasteiger partial charge in [0.05, 0.1) is 16.3 Å². The van der Waals surface area contributed by atoms with Gasteiger partial charge in [0.1, 0.15) is 0 Å². The minimum atomic E-state index is -3.44. The van der Waals surface area contributed by atoms with E-state index in [2.05, 4.69) is 5.32 Å². The van der Waals surface area contributed by atoms with Gasteiger partial charge in [0.2, 0.25) is 10.0 Å². The zero-order valence-corrected chi connectivity index (χ0v) is 12.6. The quantitative estimate of drug-likeness (QED) is 0.814. The number of nitrogens with zero attached hydrogens (tertiary/aromatic N) is 1. The summed E-state index contributed by atoms with van der Waals surface area (Å²) < 4.78 is 30.7. The van der Waals surface area contributed by atoms with E-state index < -0.39 is 10.0 Å². The lowest BCUT2D eigenvalue weighted by molar-refractivity contribution is 0.0904. The number of hydrogen-bond donors (Lipinski definition) is 2. The van der Waals surface area contributed by atoms with Gasteiger partial charge in [0, 0.05) is 33.4 Å². The molecule has 1 aromatic rings. The first-order chi connectivity index (χ1) is 9.41. The third-order valence-electron chi connectivity index (χ3n) is 3.38. The smallest absolute Gasteiger partial charge is 0.242 e. The number of nitrogens with one attached hydrogen (secondary N) is 1. The Morgan fingerprint density at radius 3 is 2.55 bits per heavy atom. The molecule has 0 amide bonds. The fourth-order valence-corrected chi connectivity index (χ4v) is 3.02. The molecule has 0 bridgehead atoms. The predicted octanol–water partition coefficient (Wildman–Crippen LogP) is 1.11. The molecule has 1 aliphatic rings. The zero-order valence-electron chi connectivity index (χ0n) is 11.8. The monoisotopic (exact) mass is 299 g/mol. The van der Waals surface area contributed by atoms with Gasteiger partial charge < -0.3 is 15.8 Å². The topological polar surface area (TPSA) is 84.7 Å². The van der Waals surface area contributed by atoms with Gasteiger partial charge in [0.15, 0.2) is 0 Å². The Balaban J connectivity index is 2.25. The van der Waals surface area contributed by atoms with Gasteiger partial charge >= 0.3 is 0 Å². The minimum Gasteiger partial charge on any atom is -0.397 e. The van der Waals surface area contributed by atoms with E-state index in [-0.39, 0.29) is 10.9 Å². The maximum absolute atomic E-state index is 12.1. The molecule has 7 heteroatoms. The highest BCUT2D eigenvalue weighted by Gasteiger charge is 2.20. The third kappa shape index (κ3) is 3.23. The molecule has 0 atom stereocenters. The zero-order chi connectivity index (χ0) is 14.8. The van der Waals surface area contributed by atoms with E-state index in [1.165, 1.54) is 24.5 Å². The molecular weight excluding hydrogens is 278 g/mol. The van der Waals surface area contributed by atoms with Crippen LogP contribution in [-0.2, 0) is 14.8 Å². The van der Waals surface area contributed by atoms with Crippen LogP contribution in [0.4, 0.5) is 11.4 Å². The Morgan fingerprint density at radius 1 is 1.30 bits per heavy atom. The molecule has 1 fully saturated rings. The molecular formula is C13H21N3O3S. The van der Waals surface area contributed by atoms with Crippen LogP contribution in [0.3, 0.4) is 0 Å². The van der Waals surface area contributed by atoms with Crippen molar-refractivity contribution in [2.45, 2.75) is 23.8 Å². The average molecular weight is 299 g/mol. The summed E-state index contributed by atoms with van der Waals surface area (Å²) in [6.45, 7) is 1.43. The van der Waals surface area contributed by atoms with Crippen molar-refractivity contribution in [1.29, 1.82) is 0 Å². The number of anilines is 2. The van der Waals surface area contributed by atoms with Gasteiger partial charge in [-0.05, 0) is 31.0 Å². The van der Waals surface area contributed by atoms with Gasteiger partial charge in [-0.3, -0.25) is 0 Å². The first-order valence-electron chi connectivity index (χ1n) is 6.57. The standard InChI is InChI=1S/C13H21N3O3S/c1-16(2)20(17,18)11-3-4-12(14)13(9-11)15-10-5-7-19-8-6-10/h3-4,9-10,15H,5-8,14H2,1-2H3. The van der Waals surface area contributed by atoms with Crippen LogP contribution in [0.15, 0.2) is 23.1 Å². The Kier molecular flexibility index (Phi) is 4.52. The van der Waals surface area contributed by atoms with Gasteiger partial charge in [-0.1, -0.05) is 0 Å². The van der Waals surface area contributed by atoms with E-state index in [1.54, 1.807) is 12.1 Å². The molecule has 112 valence electrons. The van der Waals surface area contributed by atoms with Crippen molar-refractivity contribution >= 4 is 21.4 Å². The Morgan fingerprint density at radius 2 is 1.95 bits per heavy atom. The summed E-state index contributed by atoms with van der Waals surface area (Å²) in [7, 11) is -0.422. The molecule has 0 aromatic heterocycles. The van der Waals surface area contributed by atoms with Gasteiger partial charge in [-0.2, -0.15) is 0 Å². The molecule has 20 heavy (non-hydrogen) atoms. The van der Waals surface area contributed by atoms with Crippen LogP contribution >= 0.6 is 0 Å². The number of nitrogens with two attached hydrogens (primary N) is 1. The predicted molar refractivity (Wildman–Crippen MR) is 79.2 cm³/mol. The van der Waals surface area contributed by atoms with E-state index >= 15 is 0 Å². The second-order valence-electron chi connectivity index (χ2n) is 5.07. The molecule has 3 N–H and O–H groups in total. The normalized spacial score (nSPS) is 17.4. The molecule has 1 aromatic carbocycles. The third-order valence-corrected chi connectivity index (χ3v) is 5.20. The number of benzene rings is 1. The molecule has 1 heterocycles.